The monoisotopic (exact) mass is 279 g/mol. The summed E-state index contributed by atoms with van der Waals surface area (Å²) < 4.78 is 10.2. The van der Waals surface area contributed by atoms with E-state index in [9.17, 15) is 4.79 Å². The van der Waals surface area contributed by atoms with E-state index in [1.54, 1.807) is 37.5 Å². The first-order valence-corrected chi connectivity index (χ1v) is 6.25. The average Bonchev–Trinajstić information content (AvgIpc) is 2.54. The van der Waals surface area contributed by atoms with Crippen LogP contribution in [0.25, 0.3) is 6.08 Å². The van der Waals surface area contributed by atoms with Gasteiger partial charge in [-0.15, -0.1) is 0 Å². The van der Waals surface area contributed by atoms with Crippen molar-refractivity contribution in [3.05, 3.63) is 65.7 Å². The van der Waals surface area contributed by atoms with Crippen molar-refractivity contribution in [3.8, 4) is 17.6 Å². The van der Waals surface area contributed by atoms with Gasteiger partial charge in [-0.25, -0.2) is 4.79 Å². The normalized spacial score (nSPS) is 10.1. The van der Waals surface area contributed by atoms with Crippen molar-refractivity contribution in [1.82, 2.24) is 0 Å². The van der Waals surface area contributed by atoms with Crippen molar-refractivity contribution in [3.63, 3.8) is 0 Å². The van der Waals surface area contributed by atoms with Gasteiger partial charge in [-0.1, -0.05) is 12.1 Å². The van der Waals surface area contributed by atoms with E-state index in [-0.39, 0.29) is 0 Å². The Bertz CT molecular complexity index is 679. The second-order valence-electron chi connectivity index (χ2n) is 4.16. The molecule has 0 aliphatic carbocycles. The maximum atomic E-state index is 11.7. The third kappa shape index (κ3) is 4.22. The summed E-state index contributed by atoms with van der Waals surface area (Å²) in [7, 11) is 1.60. The molecule has 0 heterocycles. The molecule has 0 aliphatic heterocycles. The first-order chi connectivity index (χ1) is 10.2. The van der Waals surface area contributed by atoms with Crippen molar-refractivity contribution >= 4 is 12.0 Å². The molecule has 0 aliphatic rings. The van der Waals surface area contributed by atoms with E-state index in [1.165, 1.54) is 6.08 Å². The summed E-state index contributed by atoms with van der Waals surface area (Å²) in [5, 5.41) is 8.68. The summed E-state index contributed by atoms with van der Waals surface area (Å²) in [6.07, 6.45) is 3.01. The highest BCUT2D eigenvalue weighted by atomic mass is 16.5. The van der Waals surface area contributed by atoms with E-state index in [0.29, 0.717) is 11.3 Å². The highest BCUT2D eigenvalue weighted by Gasteiger charge is 2.00. The summed E-state index contributed by atoms with van der Waals surface area (Å²) in [6, 6.07) is 15.6. The van der Waals surface area contributed by atoms with Crippen LogP contribution in [0.4, 0.5) is 0 Å². The van der Waals surface area contributed by atoms with E-state index < -0.39 is 5.97 Å². The summed E-state index contributed by atoms with van der Waals surface area (Å²) in [5.41, 5.74) is 1.39. The topological polar surface area (TPSA) is 59.3 Å². The second-order valence-corrected chi connectivity index (χ2v) is 4.16. The zero-order chi connectivity index (χ0) is 15.1. The summed E-state index contributed by atoms with van der Waals surface area (Å²) >= 11 is 0. The third-order valence-electron chi connectivity index (χ3n) is 2.73. The van der Waals surface area contributed by atoms with Crippen molar-refractivity contribution in [2.75, 3.05) is 7.11 Å². The Labute approximate surface area is 122 Å². The van der Waals surface area contributed by atoms with Gasteiger partial charge >= 0.3 is 5.97 Å². The lowest BCUT2D eigenvalue weighted by Gasteiger charge is -2.01. The molecule has 0 unspecified atom stereocenters. The van der Waals surface area contributed by atoms with Crippen LogP contribution in [-0.2, 0) is 4.79 Å². The molecule has 2 rings (SSSR count). The fourth-order valence-electron chi connectivity index (χ4n) is 1.63. The molecule has 0 N–H and O–H groups in total. The van der Waals surface area contributed by atoms with Gasteiger partial charge in [0.25, 0.3) is 0 Å². The molecule has 104 valence electrons. The van der Waals surface area contributed by atoms with E-state index in [4.69, 9.17) is 14.7 Å². The number of methoxy groups -OCH3 is 1. The van der Waals surface area contributed by atoms with Crippen LogP contribution < -0.4 is 9.47 Å². The molecular formula is C17H13NO3. The van der Waals surface area contributed by atoms with Gasteiger partial charge in [0.05, 0.1) is 18.7 Å². The zero-order valence-corrected chi connectivity index (χ0v) is 11.4. The third-order valence-corrected chi connectivity index (χ3v) is 2.73. The Morgan fingerprint density at radius 3 is 2.24 bits per heavy atom. The standard InChI is InChI=1S/C17H13NO3/c1-20-15-7-2-13(3-8-15)6-11-17(19)21-16-9-4-14(12-18)5-10-16/h2-11H,1H3/b11-6+. The summed E-state index contributed by atoms with van der Waals surface area (Å²) in [4.78, 5) is 11.7. The molecule has 0 atom stereocenters. The SMILES string of the molecule is COc1ccc(/C=C/C(=O)Oc2ccc(C#N)cc2)cc1. The minimum absolute atomic E-state index is 0.401. The van der Waals surface area contributed by atoms with Crippen LogP contribution in [0.1, 0.15) is 11.1 Å². The second kappa shape index (κ2) is 6.92. The Morgan fingerprint density at radius 2 is 1.67 bits per heavy atom. The quantitative estimate of drug-likeness (QED) is 0.490. The van der Waals surface area contributed by atoms with Crippen molar-refractivity contribution < 1.29 is 14.3 Å². The first kappa shape index (κ1) is 14.4. The fraction of sp³-hybridized carbons (Fsp3) is 0.0588. The van der Waals surface area contributed by atoms with Crippen molar-refractivity contribution in [1.29, 1.82) is 5.26 Å². The molecular weight excluding hydrogens is 266 g/mol. The number of ether oxygens (including phenoxy) is 2. The van der Waals surface area contributed by atoms with Crippen LogP contribution in [0.5, 0.6) is 11.5 Å². The number of nitrogens with zero attached hydrogens (tertiary/aromatic N) is 1. The molecule has 0 aromatic heterocycles. The fourth-order valence-corrected chi connectivity index (χ4v) is 1.63. The molecule has 21 heavy (non-hydrogen) atoms. The van der Waals surface area contributed by atoms with E-state index in [0.717, 1.165) is 11.3 Å². The number of hydrogen-bond acceptors (Lipinski definition) is 4. The van der Waals surface area contributed by atoms with Crippen LogP contribution in [0.3, 0.4) is 0 Å². The Hall–Kier alpha value is -3.06. The highest BCUT2D eigenvalue weighted by molar-refractivity contribution is 5.88. The van der Waals surface area contributed by atoms with Gasteiger partial charge in [-0.3, -0.25) is 0 Å². The summed E-state index contributed by atoms with van der Waals surface area (Å²) in [6.45, 7) is 0. The van der Waals surface area contributed by atoms with Crippen LogP contribution in [0, 0.1) is 11.3 Å². The van der Waals surface area contributed by atoms with Gasteiger partial charge in [-0.05, 0) is 48.0 Å². The molecule has 4 nitrogen and oxygen atoms in total. The predicted octanol–water partition coefficient (Wildman–Crippen LogP) is 3.19. The minimum atomic E-state index is -0.476. The van der Waals surface area contributed by atoms with Crippen LogP contribution >= 0.6 is 0 Å². The number of hydrogen-bond donors (Lipinski definition) is 0. The van der Waals surface area contributed by atoms with Gasteiger partial charge in [0, 0.05) is 6.08 Å². The molecule has 0 fully saturated rings. The molecule has 0 amide bonds. The lowest BCUT2D eigenvalue weighted by Crippen LogP contribution is -2.03. The van der Waals surface area contributed by atoms with Crippen LogP contribution in [0.2, 0.25) is 0 Å². The van der Waals surface area contributed by atoms with E-state index in [1.807, 2.05) is 30.3 Å². The molecule has 2 aromatic rings. The predicted molar refractivity (Wildman–Crippen MR) is 78.8 cm³/mol. The number of rotatable bonds is 4. The van der Waals surface area contributed by atoms with Crippen molar-refractivity contribution in [2.24, 2.45) is 0 Å². The zero-order valence-electron chi connectivity index (χ0n) is 11.4. The van der Waals surface area contributed by atoms with Gasteiger partial charge < -0.3 is 9.47 Å². The van der Waals surface area contributed by atoms with Gasteiger partial charge in [0.15, 0.2) is 0 Å². The van der Waals surface area contributed by atoms with Gasteiger partial charge in [0.1, 0.15) is 11.5 Å². The highest BCUT2D eigenvalue weighted by Crippen LogP contribution is 2.14. The molecule has 2 aromatic carbocycles. The largest absolute Gasteiger partial charge is 0.497 e. The number of carbonyl (C=O) groups excluding carboxylic acids is 1. The molecule has 0 spiro atoms. The lowest BCUT2D eigenvalue weighted by atomic mass is 10.2. The molecule has 0 saturated heterocycles. The molecule has 0 saturated carbocycles. The molecule has 0 radical (unpaired) electrons. The Morgan fingerprint density at radius 1 is 1.05 bits per heavy atom. The Balaban J connectivity index is 1.96. The molecule has 4 heteroatoms. The van der Waals surface area contributed by atoms with Gasteiger partial charge in [-0.2, -0.15) is 5.26 Å². The maximum Gasteiger partial charge on any atom is 0.336 e. The number of benzene rings is 2. The van der Waals surface area contributed by atoms with E-state index >= 15 is 0 Å². The average molecular weight is 279 g/mol. The molecule has 0 bridgehead atoms. The summed E-state index contributed by atoms with van der Waals surface area (Å²) in [5.74, 6) is 0.682. The minimum Gasteiger partial charge on any atom is -0.497 e. The van der Waals surface area contributed by atoms with Crippen molar-refractivity contribution in [2.45, 2.75) is 0 Å². The number of nitriles is 1. The number of esters is 1. The smallest absolute Gasteiger partial charge is 0.336 e. The van der Waals surface area contributed by atoms with E-state index in [2.05, 4.69) is 0 Å². The maximum absolute atomic E-state index is 11.7. The Kier molecular flexibility index (Phi) is 4.73. The number of carbonyl (C=O) groups is 1. The lowest BCUT2D eigenvalue weighted by molar-refractivity contribution is -0.128. The first-order valence-electron chi connectivity index (χ1n) is 6.25. The van der Waals surface area contributed by atoms with Gasteiger partial charge in [0.2, 0.25) is 0 Å². The van der Waals surface area contributed by atoms with Crippen LogP contribution in [0.15, 0.2) is 54.6 Å². The van der Waals surface area contributed by atoms with Crippen LogP contribution in [-0.4, -0.2) is 13.1 Å².